The second-order valence-electron chi connectivity index (χ2n) is 5.79. The third-order valence-corrected chi connectivity index (χ3v) is 4.45. The van der Waals surface area contributed by atoms with Gasteiger partial charge in [-0.15, -0.1) is 0 Å². The van der Waals surface area contributed by atoms with E-state index in [4.69, 9.17) is 27.6 Å². The number of furan rings is 1. The predicted octanol–water partition coefficient (Wildman–Crippen LogP) is 4.25. The Kier molecular flexibility index (Phi) is 6.45. The number of benzene rings is 2. The van der Waals surface area contributed by atoms with Crippen LogP contribution in [0.2, 0.25) is 10.0 Å². The highest BCUT2D eigenvalue weighted by Crippen LogP contribution is 2.26. The molecule has 0 fully saturated rings. The van der Waals surface area contributed by atoms with E-state index < -0.39 is 16.7 Å². The van der Waals surface area contributed by atoms with Crippen LogP contribution in [0.1, 0.15) is 5.76 Å². The average molecular weight is 447 g/mol. The van der Waals surface area contributed by atoms with Gasteiger partial charge < -0.3 is 9.73 Å². The minimum Gasteiger partial charge on any atom is -0.455 e. The molecule has 30 heavy (non-hydrogen) atoms. The van der Waals surface area contributed by atoms with Crippen molar-refractivity contribution in [3.63, 3.8) is 0 Å². The van der Waals surface area contributed by atoms with Crippen molar-refractivity contribution in [2.24, 2.45) is 5.10 Å². The van der Waals surface area contributed by atoms with Crippen molar-refractivity contribution >= 4 is 52.6 Å². The number of anilines is 1. The van der Waals surface area contributed by atoms with Crippen LogP contribution >= 0.6 is 23.2 Å². The Hall–Kier alpha value is -3.69. The Balaban J connectivity index is 1.59. The molecule has 3 rings (SSSR count). The van der Waals surface area contributed by atoms with E-state index >= 15 is 0 Å². The van der Waals surface area contributed by atoms with E-state index in [-0.39, 0.29) is 16.5 Å². The first-order chi connectivity index (χ1) is 14.3. The van der Waals surface area contributed by atoms with Crippen LogP contribution in [0.15, 0.2) is 64.1 Å². The highest BCUT2D eigenvalue weighted by Gasteiger charge is 2.14. The second kappa shape index (κ2) is 9.21. The standard InChI is InChI=1S/C19H12Cl2N4O5/c20-15-6-4-12(9-16(15)21)23-18(26)19(27)24-22-10-14-5-7-17(30-14)11-2-1-3-13(8-11)25(28)29/h1-10H,(H,23,26)(H,24,27)/b22-10+. The van der Waals surface area contributed by atoms with E-state index in [0.29, 0.717) is 22.0 Å². The van der Waals surface area contributed by atoms with Crippen LogP contribution in [0.4, 0.5) is 11.4 Å². The number of nitrogens with one attached hydrogen (secondary N) is 2. The molecule has 2 amide bonds. The Morgan fingerprint density at radius 2 is 1.83 bits per heavy atom. The molecule has 2 N–H and O–H groups in total. The summed E-state index contributed by atoms with van der Waals surface area (Å²) in [6.45, 7) is 0. The number of non-ortho nitro benzene ring substituents is 1. The number of carbonyl (C=O) groups is 2. The van der Waals surface area contributed by atoms with E-state index in [1.54, 1.807) is 18.2 Å². The fraction of sp³-hybridized carbons (Fsp3) is 0. The first-order valence-corrected chi connectivity index (χ1v) is 9.03. The van der Waals surface area contributed by atoms with Crippen molar-refractivity contribution in [3.8, 4) is 11.3 Å². The van der Waals surface area contributed by atoms with Crippen LogP contribution in [0, 0.1) is 10.1 Å². The number of halogens is 2. The van der Waals surface area contributed by atoms with Crippen molar-refractivity contribution in [1.82, 2.24) is 5.43 Å². The van der Waals surface area contributed by atoms with Crippen molar-refractivity contribution in [1.29, 1.82) is 0 Å². The number of rotatable bonds is 5. The van der Waals surface area contributed by atoms with Gasteiger partial charge in [-0.1, -0.05) is 35.3 Å². The van der Waals surface area contributed by atoms with Gasteiger partial charge in [0, 0.05) is 23.4 Å². The summed E-state index contributed by atoms with van der Waals surface area (Å²) in [6, 6.07) is 13.4. The van der Waals surface area contributed by atoms with Crippen LogP contribution in [0.25, 0.3) is 11.3 Å². The topological polar surface area (TPSA) is 127 Å². The summed E-state index contributed by atoms with van der Waals surface area (Å²) in [7, 11) is 0. The number of nitrogens with zero attached hydrogens (tertiary/aromatic N) is 2. The molecule has 0 atom stereocenters. The third-order valence-electron chi connectivity index (χ3n) is 3.71. The minimum atomic E-state index is -1.01. The highest BCUT2D eigenvalue weighted by molar-refractivity contribution is 6.42. The van der Waals surface area contributed by atoms with E-state index in [1.165, 1.54) is 42.6 Å². The molecule has 9 nitrogen and oxygen atoms in total. The normalized spacial score (nSPS) is 10.7. The lowest BCUT2D eigenvalue weighted by molar-refractivity contribution is -0.384. The van der Waals surface area contributed by atoms with E-state index in [9.17, 15) is 19.7 Å². The Bertz CT molecular complexity index is 1160. The lowest BCUT2D eigenvalue weighted by atomic mass is 10.1. The zero-order chi connectivity index (χ0) is 21.7. The Labute approximate surface area is 179 Å². The Morgan fingerprint density at radius 1 is 1.03 bits per heavy atom. The molecule has 1 aromatic heterocycles. The number of nitro groups is 1. The van der Waals surface area contributed by atoms with Gasteiger partial charge in [-0.25, -0.2) is 5.43 Å². The molecule has 0 aliphatic carbocycles. The fourth-order valence-corrected chi connectivity index (χ4v) is 2.62. The third kappa shape index (κ3) is 5.22. The number of carbonyl (C=O) groups excluding carboxylic acids is 2. The monoisotopic (exact) mass is 446 g/mol. The molecular weight excluding hydrogens is 435 g/mol. The molecule has 0 spiro atoms. The lowest BCUT2D eigenvalue weighted by Gasteiger charge is -2.04. The van der Waals surface area contributed by atoms with E-state index in [1.807, 2.05) is 0 Å². The molecule has 0 bridgehead atoms. The molecule has 0 radical (unpaired) electrons. The molecule has 3 aromatic rings. The van der Waals surface area contributed by atoms with Gasteiger partial charge in [-0.2, -0.15) is 5.10 Å². The summed E-state index contributed by atoms with van der Waals surface area (Å²) in [4.78, 5) is 34.1. The molecule has 0 aliphatic heterocycles. The lowest BCUT2D eigenvalue weighted by Crippen LogP contribution is -2.32. The highest BCUT2D eigenvalue weighted by atomic mass is 35.5. The minimum absolute atomic E-state index is 0.0700. The van der Waals surface area contributed by atoms with Crippen LogP contribution < -0.4 is 10.7 Å². The maximum Gasteiger partial charge on any atom is 0.329 e. The summed E-state index contributed by atoms with van der Waals surface area (Å²) in [5.41, 5.74) is 2.79. The smallest absolute Gasteiger partial charge is 0.329 e. The van der Waals surface area contributed by atoms with E-state index in [0.717, 1.165) is 0 Å². The van der Waals surface area contributed by atoms with Crippen molar-refractivity contribution in [2.75, 3.05) is 5.32 Å². The molecule has 2 aromatic carbocycles. The van der Waals surface area contributed by atoms with Crippen molar-refractivity contribution < 1.29 is 18.9 Å². The summed E-state index contributed by atoms with van der Waals surface area (Å²) in [6.07, 6.45) is 1.19. The Morgan fingerprint density at radius 3 is 2.57 bits per heavy atom. The molecule has 1 heterocycles. The van der Waals surface area contributed by atoms with Crippen LogP contribution in [-0.4, -0.2) is 23.0 Å². The van der Waals surface area contributed by atoms with Gasteiger partial charge >= 0.3 is 11.8 Å². The molecule has 0 unspecified atom stereocenters. The molecular formula is C19H12Cl2N4O5. The molecule has 0 aliphatic rings. The number of nitro benzene ring substituents is 1. The van der Waals surface area contributed by atoms with Gasteiger partial charge in [0.25, 0.3) is 5.69 Å². The first-order valence-electron chi connectivity index (χ1n) is 8.27. The molecule has 152 valence electrons. The summed E-state index contributed by atoms with van der Waals surface area (Å²) < 4.78 is 5.52. The molecule has 11 heteroatoms. The van der Waals surface area contributed by atoms with Gasteiger partial charge in [-0.05, 0) is 30.3 Å². The van der Waals surface area contributed by atoms with Crippen LogP contribution in [-0.2, 0) is 9.59 Å². The number of hydrazone groups is 1. The van der Waals surface area contributed by atoms with Crippen molar-refractivity contribution in [3.05, 3.63) is 80.5 Å². The number of hydrogen-bond donors (Lipinski definition) is 2. The molecule has 0 saturated heterocycles. The van der Waals surface area contributed by atoms with Crippen molar-refractivity contribution in [2.45, 2.75) is 0 Å². The maximum atomic E-state index is 11.9. The predicted molar refractivity (Wildman–Crippen MR) is 112 cm³/mol. The summed E-state index contributed by atoms with van der Waals surface area (Å²) in [5, 5.41) is 17.4. The van der Waals surface area contributed by atoms with Gasteiger partial charge in [0.2, 0.25) is 0 Å². The average Bonchev–Trinajstić information content (AvgIpc) is 3.19. The first kappa shape index (κ1) is 21.0. The van der Waals surface area contributed by atoms with Crippen LogP contribution in [0.5, 0.6) is 0 Å². The van der Waals surface area contributed by atoms with E-state index in [2.05, 4.69) is 15.8 Å². The SMILES string of the molecule is O=C(N/N=C/c1ccc(-c2cccc([N+](=O)[O-])c2)o1)C(=O)Nc1ccc(Cl)c(Cl)c1. The van der Waals surface area contributed by atoms with Gasteiger partial charge in [0.1, 0.15) is 11.5 Å². The van der Waals surface area contributed by atoms with Gasteiger partial charge in [-0.3, -0.25) is 19.7 Å². The number of hydrogen-bond acceptors (Lipinski definition) is 6. The van der Waals surface area contributed by atoms with Crippen LogP contribution in [0.3, 0.4) is 0 Å². The number of amides is 2. The van der Waals surface area contributed by atoms with Gasteiger partial charge in [0.15, 0.2) is 0 Å². The maximum absolute atomic E-state index is 11.9. The summed E-state index contributed by atoms with van der Waals surface area (Å²) in [5.74, 6) is -1.32. The van der Waals surface area contributed by atoms with Gasteiger partial charge in [0.05, 0.1) is 21.2 Å². The quantitative estimate of drug-likeness (QED) is 0.262. The summed E-state index contributed by atoms with van der Waals surface area (Å²) >= 11 is 11.6. The molecule has 0 saturated carbocycles. The zero-order valence-corrected chi connectivity index (χ0v) is 16.5. The second-order valence-corrected chi connectivity index (χ2v) is 6.61. The largest absolute Gasteiger partial charge is 0.455 e. The zero-order valence-electron chi connectivity index (χ0n) is 15.0. The fourth-order valence-electron chi connectivity index (χ4n) is 2.32.